The third kappa shape index (κ3) is 3.10. The number of carbonyl (C=O) groups excluding carboxylic acids is 1. The largest absolute Gasteiger partial charge is 0.507 e. The molecule has 2 rings (SSSR count). The monoisotopic (exact) mass is 308 g/mol. The molecule has 0 spiro atoms. The Morgan fingerprint density at radius 1 is 1.43 bits per heavy atom. The Bertz CT molecular complexity index is 566. The number of hydrogen-bond acceptors (Lipinski definition) is 4. The van der Waals surface area contributed by atoms with E-state index in [2.05, 4.69) is 0 Å². The minimum Gasteiger partial charge on any atom is -0.507 e. The number of nitrogens with two attached hydrogens (primary N) is 1. The van der Waals surface area contributed by atoms with Crippen LogP contribution < -0.4 is 10.5 Å². The number of hydrogen-bond donors (Lipinski definition) is 2. The van der Waals surface area contributed by atoms with Gasteiger partial charge in [-0.15, -0.1) is 0 Å². The molecular formula is C15H20N2O3S. The highest BCUT2D eigenvalue weighted by Crippen LogP contribution is 2.33. The number of thiocarbonyl (C=S) groups is 1. The highest BCUT2D eigenvalue weighted by atomic mass is 32.1. The summed E-state index contributed by atoms with van der Waals surface area (Å²) in [6.07, 6.45) is 1.48. The summed E-state index contributed by atoms with van der Waals surface area (Å²) in [6, 6.07) is 4.68. The van der Waals surface area contributed by atoms with Gasteiger partial charge in [-0.05, 0) is 25.0 Å². The summed E-state index contributed by atoms with van der Waals surface area (Å²) < 4.78 is 5.02. The molecule has 3 N–H and O–H groups in total. The number of methoxy groups -OCH3 is 1. The van der Waals surface area contributed by atoms with Gasteiger partial charge in [-0.25, -0.2) is 0 Å². The number of nitrogens with zero attached hydrogens (tertiary/aromatic N) is 1. The fourth-order valence-corrected chi connectivity index (χ4v) is 2.64. The van der Waals surface area contributed by atoms with E-state index in [0.29, 0.717) is 23.8 Å². The van der Waals surface area contributed by atoms with E-state index in [0.717, 1.165) is 12.8 Å². The molecule has 1 aliphatic rings. The third-order valence-electron chi connectivity index (χ3n) is 4.18. The Kier molecular flexibility index (Phi) is 4.37. The molecule has 0 saturated carbocycles. The van der Waals surface area contributed by atoms with Gasteiger partial charge in [0.1, 0.15) is 11.5 Å². The number of likely N-dealkylation sites (tertiary alicyclic amines) is 1. The molecule has 0 unspecified atom stereocenters. The smallest absolute Gasteiger partial charge is 0.257 e. The molecule has 1 heterocycles. The number of benzene rings is 1. The number of phenols is 1. The summed E-state index contributed by atoms with van der Waals surface area (Å²) in [4.78, 5) is 14.7. The Labute approximate surface area is 129 Å². The zero-order valence-corrected chi connectivity index (χ0v) is 13.1. The number of piperidine rings is 1. The zero-order chi connectivity index (χ0) is 15.6. The van der Waals surface area contributed by atoms with Gasteiger partial charge in [-0.2, -0.15) is 0 Å². The van der Waals surface area contributed by atoms with E-state index in [-0.39, 0.29) is 22.6 Å². The second kappa shape index (κ2) is 5.89. The Morgan fingerprint density at radius 2 is 2.05 bits per heavy atom. The first-order chi connectivity index (χ1) is 9.87. The highest BCUT2D eigenvalue weighted by Gasteiger charge is 2.34. The Balaban J connectivity index is 2.10. The summed E-state index contributed by atoms with van der Waals surface area (Å²) in [5.74, 6) is 0.269. The van der Waals surface area contributed by atoms with Crippen molar-refractivity contribution in [3.8, 4) is 11.5 Å². The van der Waals surface area contributed by atoms with Crippen molar-refractivity contribution in [1.29, 1.82) is 0 Å². The number of carbonyl (C=O) groups is 1. The molecule has 1 aromatic rings. The van der Waals surface area contributed by atoms with Crippen molar-refractivity contribution in [3.05, 3.63) is 23.8 Å². The van der Waals surface area contributed by atoms with Crippen molar-refractivity contribution in [1.82, 2.24) is 4.90 Å². The van der Waals surface area contributed by atoms with Crippen molar-refractivity contribution in [2.45, 2.75) is 19.8 Å². The number of aromatic hydroxyl groups is 1. The van der Waals surface area contributed by atoms with E-state index in [1.165, 1.54) is 13.2 Å². The maximum absolute atomic E-state index is 12.5. The average molecular weight is 308 g/mol. The first-order valence-electron chi connectivity index (χ1n) is 6.83. The van der Waals surface area contributed by atoms with E-state index >= 15 is 0 Å². The van der Waals surface area contributed by atoms with Gasteiger partial charge in [-0.1, -0.05) is 19.1 Å². The van der Waals surface area contributed by atoms with Crippen molar-refractivity contribution in [2.75, 3.05) is 20.2 Å². The van der Waals surface area contributed by atoms with Crippen molar-refractivity contribution >= 4 is 23.1 Å². The lowest BCUT2D eigenvalue weighted by Gasteiger charge is -2.38. The van der Waals surface area contributed by atoms with Crippen LogP contribution in [-0.4, -0.2) is 41.1 Å². The van der Waals surface area contributed by atoms with Crippen LogP contribution in [0.4, 0.5) is 0 Å². The first kappa shape index (κ1) is 15.6. The van der Waals surface area contributed by atoms with Crippen LogP contribution in [0.15, 0.2) is 18.2 Å². The molecule has 1 amide bonds. The van der Waals surface area contributed by atoms with Crippen LogP contribution in [0.5, 0.6) is 11.5 Å². The van der Waals surface area contributed by atoms with E-state index in [1.54, 1.807) is 17.0 Å². The van der Waals surface area contributed by atoms with Gasteiger partial charge in [0.25, 0.3) is 5.91 Å². The first-order valence-corrected chi connectivity index (χ1v) is 7.24. The fraction of sp³-hybridized carbons (Fsp3) is 0.467. The highest BCUT2D eigenvalue weighted by molar-refractivity contribution is 7.80. The third-order valence-corrected chi connectivity index (χ3v) is 4.68. The second-order valence-electron chi connectivity index (χ2n) is 5.60. The van der Waals surface area contributed by atoms with Gasteiger partial charge in [0, 0.05) is 24.6 Å². The minimum absolute atomic E-state index is 0.0676. The second-order valence-corrected chi connectivity index (χ2v) is 6.04. The average Bonchev–Trinajstić information content (AvgIpc) is 2.47. The Hall–Kier alpha value is -1.82. The van der Waals surface area contributed by atoms with Crippen molar-refractivity contribution < 1.29 is 14.6 Å². The van der Waals surface area contributed by atoms with Gasteiger partial charge >= 0.3 is 0 Å². The standard InChI is InChI=1S/C15H20N2O3S/c1-15(14(16)21)5-7-17(8-6-15)13(19)11-4-3-10(20-2)9-12(11)18/h3-4,9,18H,5-8H2,1-2H3,(H2,16,21). The van der Waals surface area contributed by atoms with Crippen LogP contribution in [-0.2, 0) is 0 Å². The van der Waals surface area contributed by atoms with Crippen LogP contribution in [0, 0.1) is 5.41 Å². The summed E-state index contributed by atoms with van der Waals surface area (Å²) >= 11 is 5.10. The SMILES string of the molecule is COc1ccc(C(=O)N2CCC(C)(C(N)=S)CC2)c(O)c1. The molecule has 21 heavy (non-hydrogen) atoms. The maximum atomic E-state index is 12.5. The normalized spacial score (nSPS) is 17.3. The molecule has 1 aliphatic heterocycles. The molecule has 0 bridgehead atoms. The number of ether oxygens (including phenoxy) is 1. The van der Waals surface area contributed by atoms with Gasteiger partial charge in [-0.3, -0.25) is 4.79 Å². The van der Waals surface area contributed by atoms with Crippen molar-refractivity contribution in [3.63, 3.8) is 0 Å². The van der Waals surface area contributed by atoms with E-state index < -0.39 is 0 Å². The van der Waals surface area contributed by atoms with Crippen LogP contribution in [0.25, 0.3) is 0 Å². The lowest BCUT2D eigenvalue weighted by Crippen LogP contribution is -2.46. The number of phenolic OH excluding ortho intramolecular Hbond substituents is 1. The molecule has 1 fully saturated rings. The predicted octanol–water partition coefficient (Wildman–Crippen LogP) is 1.93. The van der Waals surface area contributed by atoms with E-state index in [1.807, 2.05) is 6.92 Å². The minimum atomic E-state index is -0.186. The predicted molar refractivity (Wildman–Crippen MR) is 84.7 cm³/mol. The van der Waals surface area contributed by atoms with Crippen molar-refractivity contribution in [2.24, 2.45) is 11.1 Å². The quantitative estimate of drug-likeness (QED) is 0.835. The molecule has 0 aliphatic carbocycles. The van der Waals surface area contributed by atoms with Crippen LogP contribution in [0.1, 0.15) is 30.1 Å². The topological polar surface area (TPSA) is 75.8 Å². The number of rotatable bonds is 3. The maximum Gasteiger partial charge on any atom is 0.257 e. The lowest BCUT2D eigenvalue weighted by atomic mass is 9.80. The lowest BCUT2D eigenvalue weighted by molar-refractivity contribution is 0.0667. The molecule has 1 aromatic carbocycles. The molecule has 0 atom stereocenters. The number of amides is 1. The van der Waals surface area contributed by atoms with Crippen LogP contribution in [0.3, 0.4) is 0 Å². The molecule has 1 saturated heterocycles. The zero-order valence-electron chi connectivity index (χ0n) is 12.3. The molecule has 0 radical (unpaired) electrons. The van der Waals surface area contributed by atoms with E-state index in [4.69, 9.17) is 22.7 Å². The van der Waals surface area contributed by atoms with Crippen LogP contribution >= 0.6 is 12.2 Å². The van der Waals surface area contributed by atoms with Gasteiger partial charge in [0.2, 0.25) is 0 Å². The molecule has 6 heteroatoms. The molecule has 5 nitrogen and oxygen atoms in total. The molecular weight excluding hydrogens is 288 g/mol. The fourth-order valence-electron chi connectivity index (χ4n) is 2.44. The summed E-state index contributed by atoms with van der Waals surface area (Å²) in [5, 5.41) is 9.95. The van der Waals surface area contributed by atoms with Gasteiger partial charge in [0.05, 0.1) is 17.7 Å². The van der Waals surface area contributed by atoms with Gasteiger partial charge in [0.15, 0.2) is 0 Å². The summed E-state index contributed by atoms with van der Waals surface area (Å²) in [5.41, 5.74) is 5.86. The molecule has 0 aromatic heterocycles. The molecule has 114 valence electrons. The van der Waals surface area contributed by atoms with Gasteiger partial charge < -0.3 is 20.5 Å². The van der Waals surface area contributed by atoms with E-state index in [9.17, 15) is 9.90 Å². The summed E-state index contributed by atoms with van der Waals surface area (Å²) in [6.45, 7) is 3.19. The Morgan fingerprint density at radius 3 is 2.52 bits per heavy atom. The van der Waals surface area contributed by atoms with Crippen LogP contribution in [0.2, 0.25) is 0 Å². The summed E-state index contributed by atoms with van der Waals surface area (Å²) in [7, 11) is 1.51.